The number of nitrogens with two attached hydrogens (primary N) is 1. The second kappa shape index (κ2) is 8.15. The molecule has 3 heterocycles. The molecule has 2 aliphatic heterocycles. The van der Waals surface area contributed by atoms with Gasteiger partial charge < -0.3 is 20.5 Å². The number of nitrogens with zero attached hydrogens (tertiary/aromatic N) is 3. The van der Waals surface area contributed by atoms with Crippen molar-refractivity contribution in [2.45, 2.75) is 11.7 Å². The van der Waals surface area contributed by atoms with Crippen molar-refractivity contribution in [3.63, 3.8) is 0 Å². The van der Waals surface area contributed by atoms with Crippen LogP contribution in [0, 0.1) is 11.7 Å². The number of thioether (sulfide) groups is 1. The fourth-order valence-corrected chi connectivity index (χ4v) is 4.68. The molecule has 158 valence electrons. The lowest BCUT2D eigenvalue weighted by molar-refractivity contribution is -0.0526. The van der Waals surface area contributed by atoms with Crippen molar-refractivity contribution in [1.29, 1.82) is 0 Å². The van der Waals surface area contributed by atoms with Gasteiger partial charge in [-0.05, 0) is 18.2 Å². The van der Waals surface area contributed by atoms with Crippen molar-refractivity contribution in [1.82, 2.24) is 9.97 Å². The van der Waals surface area contributed by atoms with E-state index in [4.69, 9.17) is 15.2 Å². The maximum atomic E-state index is 14.9. The molecule has 0 saturated carbocycles. The van der Waals surface area contributed by atoms with E-state index in [1.807, 2.05) is 0 Å². The predicted octanol–water partition coefficient (Wildman–Crippen LogP) is 2.12. The first kappa shape index (κ1) is 20.5. The summed E-state index contributed by atoms with van der Waals surface area (Å²) in [6.45, 7) is -0.0752. The number of anilines is 1. The molecule has 30 heavy (non-hydrogen) atoms. The third-order valence-corrected chi connectivity index (χ3v) is 6.04. The Morgan fingerprint density at radius 3 is 2.97 bits per heavy atom. The minimum atomic E-state index is -1.31. The monoisotopic (exact) mass is 435 g/mol. The van der Waals surface area contributed by atoms with Gasteiger partial charge >= 0.3 is 0 Å². The first-order valence-electron chi connectivity index (χ1n) is 9.10. The van der Waals surface area contributed by atoms with E-state index in [0.717, 1.165) is 0 Å². The lowest BCUT2D eigenvalue weighted by Gasteiger charge is -2.45. The summed E-state index contributed by atoms with van der Waals surface area (Å²) in [7, 11) is 1.44. The van der Waals surface area contributed by atoms with Gasteiger partial charge in [-0.15, -0.1) is 0 Å². The lowest BCUT2D eigenvalue weighted by atomic mass is 9.75. The summed E-state index contributed by atoms with van der Waals surface area (Å²) in [5.74, 6) is -1.09. The Morgan fingerprint density at radius 1 is 1.40 bits per heavy atom. The van der Waals surface area contributed by atoms with Gasteiger partial charge in [0.15, 0.2) is 5.17 Å². The van der Waals surface area contributed by atoms with Crippen LogP contribution in [0.4, 0.5) is 14.5 Å². The molecule has 1 saturated heterocycles. The Morgan fingerprint density at radius 2 is 2.23 bits per heavy atom. The molecule has 2 aliphatic rings. The zero-order valence-electron chi connectivity index (χ0n) is 16.0. The molecule has 1 amide bonds. The van der Waals surface area contributed by atoms with Crippen LogP contribution in [0.2, 0.25) is 0 Å². The highest BCUT2D eigenvalue weighted by Crippen LogP contribution is 2.46. The molecular formula is C19H19F2N5O3S. The van der Waals surface area contributed by atoms with Gasteiger partial charge in [-0.25, -0.2) is 23.7 Å². The summed E-state index contributed by atoms with van der Waals surface area (Å²) >= 11 is 1.24. The van der Waals surface area contributed by atoms with Crippen LogP contribution in [-0.2, 0) is 10.3 Å². The fourth-order valence-electron chi connectivity index (χ4n) is 3.62. The number of carbonyl (C=O) groups is 1. The van der Waals surface area contributed by atoms with E-state index in [9.17, 15) is 13.6 Å². The molecule has 1 fully saturated rings. The van der Waals surface area contributed by atoms with Crippen LogP contribution < -0.4 is 15.8 Å². The van der Waals surface area contributed by atoms with Gasteiger partial charge in [0.05, 0.1) is 32.7 Å². The third kappa shape index (κ3) is 3.70. The molecule has 1 aromatic carbocycles. The van der Waals surface area contributed by atoms with Crippen LogP contribution in [0.3, 0.4) is 0 Å². The van der Waals surface area contributed by atoms with E-state index in [1.165, 1.54) is 49.5 Å². The van der Waals surface area contributed by atoms with Gasteiger partial charge in [-0.2, -0.15) is 0 Å². The Balaban J connectivity index is 1.67. The normalized spacial score (nSPS) is 25.8. The molecular weight excluding hydrogens is 416 g/mol. The number of nitrogens with one attached hydrogen (secondary N) is 1. The van der Waals surface area contributed by atoms with E-state index in [-0.39, 0.29) is 35.5 Å². The van der Waals surface area contributed by atoms with E-state index in [1.54, 1.807) is 0 Å². The summed E-state index contributed by atoms with van der Waals surface area (Å²) in [6, 6.07) is 4.04. The summed E-state index contributed by atoms with van der Waals surface area (Å²) < 4.78 is 39.8. The molecule has 3 unspecified atom stereocenters. The van der Waals surface area contributed by atoms with Gasteiger partial charge in [0.2, 0.25) is 5.88 Å². The lowest BCUT2D eigenvalue weighted by Crippen LogP contribution is -2.53. The highest BCUT2D eigenvalue weighted by molar-refractivity contribution is 8.13. The molecule has 0 spiro atoms. The minimum Gasteiger partial charge on any atom is -0.480 e. The molecule has 1 aromatic heterocycles. The highest BCUT2D eigenvalue weighted by Gasteiger charge is 2.51. The number of carbonyl (C=O) groups excluding carboxylic acids is 1. The number of aliphatic imine (C=N–C) groups is 1. The zero-order chi connectivity index (χ0) is 21.3. The number of aromatic nitrogens is 2. The van der Waals surface area contributed by atoms with Crippen molar-refractivity contribution in [3.05, 3.63) is 47.7 Å². The van der Waals surface area contributed by atoms with Gasteiger partial charge in [0, 0.05) is 22.9 Å². The van der Waals surface area contributed by atoms with E-state index >= 15 is 0 Å². The van der Waals surface area contributed by atoms with E-state index in [0.29, 0.717) is 11.4 Å². The molecule has 3 atom stereocenters. The molecule has 4 rings (SSSR count). The van der Waals surface area contributed by atoms with Crippen LogP contribution in [0.1, 0.15) is 16.1 Å². The van der Waals surface area contributed by atoms with Crippen LogP contribution in [0.5, 0.6) is 5.88 Å². The number of amidine groups is 1. The number of hydrogen-bond acceptors (Lipinski definition) is 8. The number of ether oxygens (including phenoxy) is 2. The van der Waals surface area contributed by atoms with Gasteiger partial charge in [0.25, 0.3) is 5.91 Å². The van der Waals surface area contributed by atoms with Crippen molar-refractivity contribution >= 4 is 28.5 Å². The highest BCUT2D eigenvalue weighted by atomic mass is 32.2. The smallest absolute Gasteiger partial charge is 0.275 e. The summed E-state index contributed by atoms with van der Waals surface area (Å²) in [4.78, 5) is 24.8. The number of hydrogen-bond donors (Lipinski definition) is 2. The Labute approximate surface area is 175 Å². The second-order valence-electron chi connectivity index (χ2n) is 6.92. The standard InChI is InChI=1S/C19H19F2N5O3S/c1-28-16-6-23-15(5-24-16)17(27)25-10-2-3-13(20)11(4-10)19-9-29-7-14(21)12(19)8-30-18(22)26-19/h2-6,12,14H,7-9H2,1H3,(H2,22,26)(H,25,27). The minimum absolute atomic E-state index is 0.00236. The molecule has 0 aliphatic carbocycles. The largest absolute Gasteiger partial charge is 0.480 e. The van der Waals surface area contributed by atoms with Crippen molar-refractivity contribution in [2.24, 2.45) is 16.6 Å². The molecule has 0 bridgehead atoms. The number of halogens is 2. The van der Waals surface area contributed by atoms with E-state index in [2.05, 4.69) is 20.3 Å². The predicted molar refractivity (Wildman–Crippen MR) is 108 cm³/mol. The molecule has 11 heteroatoms. The summed E-state index contributed by atoms with van der Waals surface area (Å²) in [6.07, 6.45) is 1.27. The number of methoxy groups -OCH3 is 1. The number of benzene rings is 1. The average molecular weight is 435 g/mol. The molecule has 2 aromatic rings. The molecule has 0 radical (unpaired) electrons. The number of rotatable bonds is 4. The van der Waals surface area contributed by atoms with Crippen LogP contribution in [-0.4, -0.2) is 53.3 Å². The van der Waals surface area contributed by atoms with Crippen molar-refractivity contribution < 1.29 is 23.0 Å². The maximum Gasteiger partial charge on any atom is 0.275 e. The van der Waals surface area contributed by atoms with E-state index < -0.39 is 29.4 Å². The third-order valence-electron chi connectivity index (χ3n) is 5.13. The van der Waals surface area contributed by atoms with Crippen molar-refractivity contribution in [3.8, 4) is 5.88 Å². The maximum absolute atomic E-state index is 14.9. The van der Waals surface area contributed by atoms with Gasteiger partial charge in [-0.1, -0.05) is 11.8 Å². The summed E-state index contributed by atoms with van der Waals surface area (Å²) in [5, 5.41) is 2.89. The Kier molecular flexibility index (Phi) is 5.56. The zero-order valence-corrected chi connectivity index (χ0v) is 16.8. The van der Waals surface area contributed by atoms with Gasteiger partial charge in [0.1, 0.15) is 23.2 Å². The van der Waals surface area contributed by atoms with Crippen LogP contribution >= 0.6 is 11.8 Å². The first-order valence-corrected chi connectivity index (χ1v) is 10.1. The van der Waals surface area contributed by atoms with Crippen LogP contribution in [0.15, 0.2) is 35.6 Å². The van der Waals surface area contributed by atoms with Gasteiger partial charge in [-0.3, -0.25) is 4.79 Å². The topological polar surface area (TPSA) is 112 Å². The second-order valence-corrected chi connectivity index (χ2v) is 7.96. The average Bonchev–Trinajstić information content (AvgIpc) is 2.75. The summed E-state index contributed by atoms with van der Waals surface area (Å²) in [5.41, 5.74) is 5.08. The number of amides is 1. The molecule has 3 N–H and O–H groups in total. The number of alkyl halides is 1. The SMILES string of the molecule is COc1cnc(C(=O)Nc2ccc(F)c(C34COCC(F)C3CSC(N)=N4)c2)cn1. The van der Waals surface area contributed by atoms with Crippen molar-refractivity contribution in [2.75, 3.05) is 31.4 Å². The van der Waals surface area contributed by atoms with Crippen LogP contribution in [0.25, 0.3) is 0 Å². The number of fused-ring (bicyclic) bond motifs is 1. The fraction of sp³-hybridized carbons (Fsp3) is 0.368. The Hall–Kier alpha value is -2.79. The quantitative estimate of drug-likeness (QED) is 0.757. The Bertz CT molecular complexity index is 991. The molecule has 8 nitrogen and oxygen atoms in total. The first-order chi connectivity index (χ1) is 14.4.